The molecule has 1 atom stereocenters. The smallest absolute Gasteiger partial charge is 0.0591 e. The SMILES string of the molecule is C=CCCOCCNC(C)Cc1ccc(Br)cc1. The summed E-state index contributed by atoms with van der Waals surface area (Å²) < 4.78 is 6.58. The molecule has 0 heterocycles. The van der Waals surface area contributed by atoms with Gasteiger partial charge in [-0.3, -0.25) is 0 Å². The zero-order valence-electron chi connectivity index (χ0n) is 11.0. The van der Waals surface area contributed by atoms with Crippen molar-refractivity contribution < 1.29 is 4.74 Å². The number of rotatable bonds is 9. The Labute approximate surface area is 119 Å². The van der Waals surface area contributed by atoms with E-state index in [2.05, 4.69) is 59.0 Å². The molecule has 0 bridgehead atoms. The first-order valence-electron chi connectivity index (χ1n) is 6.39. The van der Waals surface area contributed by atoms with Gasteiger partial charge in [0.25, 0.3) is 0 Å². The molecular formula is C15H22BrNO. The molecule has 100 valence electrons. The van der Waals surface area contributed by atoms with E-state index in [9.17, 15) is 0 Å². The van der Waals surface area contributed by atoms with Crippen molar-refractivity contribution in [2.45, 2.75) is 25.8 Å². The largest absolute Gasteiger partial charge is 0.380 e. The maximum absolute atomic E-state index is 5.45. The number of hydrogen-bond donors (Lipinski definition) is 1. The summed E-state index contributed by atoms with van der Waals surface area (Å²) in [4.78, 5) is 0. The predicted octanol–water partition coefficient (Wildman–Crippen LogP) is 3.56. The fourth-order valence-electron chi connectivity index (χ4n) is 1.69. The van der Waals surface area contributed by atoms with Crippen LogP contribution in [0.25, 0.3) is 0 Å². The summed E-state index contributed by atoms with van der Waals surface area (Å²) in [5.74, 6) is 0. The third-order valence-corrected chi connectivity index (χ3v) is 3.19. The molecule has 0 radical (unpaired) electrons. The summed E-state index contributed by atoms with van der Waals surface area (Å²) >= 11 is 3.44. The van der Waals surface area contributed by atoms with Crippen molar-refractivity contribution >= 4 is 15.9 Å². The molecule has 1 aromatic rings. The van der Waals surface area contributed by atoms with Gasteiger partial charge in [0, 0.05) is 17.1 Å². The van der Waals surface area contributed by atoms with Crippen molar-refractivity contribution in [3.63, 3.8) is 0 Å². The number of benzene rings is 1. The number of hydrogen-bond acceptors (Lipinski definition) is 2. The normalized spacial score (nSPS) is 12.3. The van der Waals surface area contributed by atoms with Crippen LogP contribution in [0.1, 0.15) is 18.9 Å². The van der Waals surface area contributed by atoms with Crippen LogP contribution in [0, 0.1) is 0 Å². The fourth-order valence-corrected chi connectivity index (χ4v) is 1.96. The van der Waals surface area contributed by atoms with Crippen LogP contribution in [-0.4, -0.2) is 25.8 Å². The fraction of sp³-hybridized carbons (Fsp3) is 0.467. The zero-order valence-corrected chi connectivity index (χ0v) is 12.6. The van der Waals surface area contributed by atoms with Crippen molar-refractivity contribution in [3.05, 3.63) is 47.0 Å². The van der Waals surface area contributed by atoms with E-state index in [1.807, 2.05) is 6.08 Å². The molecule has 1 unspecified atom stereocenters. The molecule has 0 amide bonds. The molecule has 1 rings (SSSR count). The maximum Gasteiger partial charge on any atom is 0.0591 e. The van der Waals surface area contributed by atoms with Crippen LogP contribution in [0.2, 0.25) is 0 Å². The Kier molecular flexibility index (Phi) is 7.98. The highest BCUT2D eigenvalue weighted by Gasteiger charge is 2.02. The van der Waals surface area contributed by atoms with E-state index in [0.717, 1.165) is 37.1 Å². The summed E-state index contributed by atoms with van der Waals surface area (Å²) in [5.41, 5.74) is 1.35. The first kappa shape index (κ1) is 15.4. The molecular weight excluding hydrogens is 290 g/mol. The van der Waals surface area contributed by atoms with Gasteiger partial charge in [-0.2, -0.15) is 0 Å². The van der Waals surface area contributed by atoms with E-state index in [1.54, 1.807) is 0 Å². The van der Waals surface area contributed by atoms with Crippen molar-refractivity contribution in [2.24, 2.45) is 0 Å². The lowest BCUT2D eigenvalue weighted by molar-refractivity contribution is 0.138. The van der Waals surface area contributed by atoms with Crippen LogP contribution in [-0.2, 0) is 11.2 Å². The van der Waals surface area contributed by atoms with E-state index in [4.69, 9.17) is 4.74 Å². The van der Waals surface area contributed by atoms with Gasteiger partial charge in [-0.15, -0.1) is 6.58 Å². The Balaban J connectivity index is 2.11. The quantitative estimate of drug-likeness (QED) is 0.556. The lowest BCUT2D eigenvalue weighted by Gasteiger charge is -2.14. The standard InChI is InChI=1S/C15H22BrNO/c1-3-4-10-18-11-9-17-13(2)12-14-5-7-15(16)8-6-14/h3,5-8,13,17H,1,4,9-12H2,2H3. The summed E-state index contributed by atoms with van der Waals surface area (Å²) in [6.07, 6.45) is 3.85. The summed E-state index contributed by atoms with van der Waals surface area (Å²) in [6, 6.07) is 8.95. The van der Waals surface area contributed by atoms with Gasteiger partial charge in [-0.05, 0) is 37.5 Å². The first-order valence-corrected chi connectivity index (χ1v) is 7.18. The summed E-state index contributed by atoms with van der Waals surface area (Å²) in [5, 5.41) is 3.46. The Morgan fingerprint density at radius 3 is 2.72 bits per heavy atom. The number of nitrogens with one attached hydrogen (secondary N) is 1. The average molecular weight is 312 g/mol. The second-order valence-corrected chi connectivity index (χ2v) is 5.29. The molecule has 0 saturated carbocycles. The molecule has 0 aromatic heterocycles. The maximum atomic E-state index is 5.45. The van der Waals surface area contributed by atoms with Gasteiger partial charge >= 0.3 is 0 Å². The molecule has 18 heavy (non-hydrogen) atoms. The van der Waals surface area contributed by atoms with Gasteiger partial charge in [0.15, 0.2) is 0 Å². The molecule has 0 aliphatic rings. The van der Waals surface area contributed by atoms with Gasteiger partial charge in [-0.25, -0.2) is 0 Å². The highest BCUT2D eigenvalue weighted by molar-refractivity contribution is 9.10. The molecule has 0 aliphatic heterocycles. The van der Waals surface area contributed by atoms with Gasteiger partial charge in [0.1, 0.15) is 0 Å². The minimum atomic E-state index is 0.467. The lowest BCUT2D eigenvalue weighted by atomic mass is 10.1. The summed E-state index contributed by atoms with van der Waals surface area (Å²) in [6.45, 7) is 8.29. The Hall–Kier alpha value is -0.640. The predicted molar refractivity (Wildman–Crippen MR) is 80.9 cm³/mol. The third kappa shape index (κ3) is 6.94. The third-order valence-electron chi connectivity index (χ3n) is 2.66. The highest BCUT2D eigenvalue weighted by Crippen LogP contribution is 2.11. The molecule has 0 spiro atoms. The average Bonchev–Trinajstić information content (AvgIpc) is 2.36. The van der Waals surface area contributed by atoms with Crippen LogP contribution >= 0.6 is 15.9 Å². The summed E-state index contributed by atoms with van der Waals surface area (Å²) in [7, 11) is 0. The Morgan fingerprint density at radius 2 is 2.06 bits per heavy atom. The van der Waals surface area contributed by atoms with E-state index >= 15 is 0 Å². The molecule has 3 heteroatoms. The van der Waals surface area contributed by atoms with Crippen molar-refractivity contribution in [1.29, 1.82) is 0 Å². The van der Waals surface area contributed by atoms with Gasteiger partial charge in [0.05, 0.1) is 13.2 Å². The van der Waals surface area contributed by atoms with E-state index in [0.29, 0.717) is 6.04 Å². The minimum absolute atomic E-state index is 0.467. The molecule has 1 N–H and O–H groups in total. The second-order valence-electron chi connectivity index (χ2n) is 4.38. The van der Waals surface area contributed by atoms with Gasteiger partial charge in [-0.1, -0.05) is 34.1 Å². The first-order chi connectivity index (χ1) is 8.72. The molecule has 2 nitrogen and oxygen atoms in total. The van der Waals surface area contributed by atoms with Crippen LogP contribution in [0.3, 0.4) is 0 Å². The topological polar surface area (TPSA) is 21.3 Å². The van der Waals surface area contributed by atoms with E-state index in [-0.39, 0.29) is 0 Å². The van der Waals surface area contributed by atoms with Crippen LogP contribution in [0.5, 0.6) is 0 Å². The molecule has 0 fully saturated rings. The molecule has 1 aromatic carbocycles. The monoisotopic (exact) mass is 311 g/mol. The van der Waals surface area contributed by atoms with Crippen molar-refractivity contribution in [2.75, 3.05) is 19.8 Å². The molecule has 0 saturated heterocycles. The van der Waals surface area contributed by atoms with Crippen LogP contribution in [0.4, 0.5) is 0 Å². The van der Waals surface area contributed by atoms with E-state index in [1.165, 1.54) is 5.56 Å². The van der Waals surface area contributed by atoms with Crippen molar-refractivity contribution in [3.8, 4) is 0 Å². The zero-order chi connectivity index (χ0) is 13.2. The van der Waals surface area contributed by atoms with Crippen molar-refractivity contribution in [1.82, 2.24) is 5.32 Å². The second kappa shape index (κ2) is 9.31. The number of halogens is 1. The van der Waals surface area contributed by atoms with E-state index < -0.39 is 0 Å². The highest BCUT2D eigenvalue weighted by atomic mass is 79.9. The van der Waals surface area contributed by atoms with Gasteiger partial charge in [0.2, 0.25) is 0 Å². The van der Waals surface area contributed by atoms with Gasteiger partial charge < -0.3 is 10.1 Å². The van der Waals surface area contributed by atoms with Crippen LogP contribution < -0.4 is 5.32 Å². The Morgan fingerprint density at radius 1 is 1.33 bits per heavy atom. The molecule has 0 aliphatic carbocycles. The Bertz CT molecular complexity index is 337. The van der Waals surface area contributed by atoms with Crippen LogP contribution in [0.15, 0.2) is 41.4 Å². The lowest BCUT2D eigenvalue weighted by Crippen LogP contribution is -2.31. The minimum Gasteiger partial charge on any atom is -0.380 e. The number of ether oxygens (including phenoxy) is 1.